The highest BCUT2D eigenvalue weighted by atomic mass is 16.7. The number of rotatable bonds is 49. The molecule has 0 bridgehead atoms. The molecule has 1 aliphatic rings. The number of unbranched alkanes of at least 4 members (excludes halogenated alkanes) is 29. The first-order valence-electron chi connectivity index (χ1n) is 29.2. The molecule has 0 aliphatic carbocycles. The van der Waals surface area contributed by atoms with Crippen LogP contribution in [0.5, 0.6) is 0 Å². The minimum atomic E-state index is -1.57. The maximum absolute atomic E-state index is 13.1. The quantitative estimate of drug-likeness (QED) is 0.0261. The highest BCUT2D eigenvalue weighted by Gasteiger charge is 2.44. The molecule has 0 spiro atoms. The van der Waals surface area contributed by atoms with Gasteiger partial charge < -0.3 is 40.3 Å². The van der Waals surface area contributed by atoms with Gasteiger partial charge >= 0.3 is 0 Å². The molecule has 9 heteroatoms. The summed E-state index contributed by atoms with van der Waals surface area (Å²) in [6.45, 7) is 3.68. The summed E-state index contributed by atoms with van der Waals surface area (Å²) >= 11 is 0. The van der Waals surface area contributed by atoms with Crippen molar-refractivity contribution in [1.29, 1.82) is 0 Å². The smallest absolute Gasteiger partial charge is 0.220 e. The van der Waals surface area contributed by atoms with Crippen LogP contribution in [0.25, 0.3) is 0 Å². The Labute approximate surface area is 429 Å². The van der Waals surface area contributed by atoms with E-state index in [9.17, 15) is 30.3 Å². The van der Waals surface area contributed by atoms with Crippen LogP contribution in [-0.2, 0) is 14.3 Å². The van der Waals surface area contributed by atoms with Gasteiger partial charge in [-0.1, -0.05) is 254 Å². The van der Waals surface area contributed by atoms with Crippen molar-refractivity contribution < 1.29 is 39.8 Å². The normalized spacial score (nSPS) is 19.9. The van der Waals surface area contributed by atoms with E-state index < -0.39 is 49.5 Å². The highest BCUT2D eigenvalue weighted by molar-refractivity contribution is 5.76. The van der Waals surface area contributed by atoms with Gasteiger partial charge in [0, 0.05) is 6.42 Å². The number of allylic oxidation sites excluding steroid dienone is 11. The maximum atomic E-state index is 13.1. The second-order valence-electron chi connectivity index (χ2n) is 20.1. The molecule has 0 aromatic carbocycles. The number of hydrogen-bond acceptors (Lipinski definition) is 8. The van der Waals surface area contributed by atoms with Crippen molar-refractivity contribution >= 4 is 5.91 Å². The number of amides is 1. The Balaban J connectivity index is 2.20. The van der Waals surface area contributed by atoms with Crippen LogP contribution in [0.3, 0.4) is 0 Å². The van der Waals surface area contributed by atoms with Crippen LogP contribution in [0.4, 0.5) is 0 Å². The molecule has 1 heterocycles. The molecule has 0 aromatic rings. The van der Waals surface area contributed by atoms with Gasteiger partial charge in [0.25, 0.3) is 0 Å². The standard InChI is InChI=1S/C61H109NO8/c1-3-5-7-9-11-13-15-17-19-21-23-24-25-26-27-28-29-30-31-32-33-35-37-39-41-43-45-47-49-51-57(65)62-54(53-69-61-60(68)59(67)58(66)56(52-63)70-61)55(64)50-48-46-44-42-40-38-36-34-22-20-18-16-14-12-10-8-6-4-2/h5,7,11,13,17,19,23-24,26-27,48,50,54-56,58-61,63-64,66-68H,3-4,6,8-10,12,14-16,18,20-22,25,28-47,49,51-53H2,1-2H3,(H,62,65)/b7-5-,13-11-,19-17-,24-23-,27-26-,50-48+. The number of nitrogens with one attached hydrogen (secondary N) is 1. The predicted octanol–water partition coefficient (Wildman–Crippen LogP) is 14.5. The van der Waals surface area contributed by atoms with Gasteiger partial charge in [-0.15, -0.1) is 0 Å². The molecule has 1 fully saturated rings. The summed E-state index contributed by atoms with van der Waals surface area (Å²) < 4.78 is 11.3. The number of aliphatic hydroxyl groups excluding tert-OH is 5. The Morgan fingerprint density at radius 2 is 0.886 bits per heavy atom. The van der Waals surface area contributed by atoms with Gasteiger partial charge in [-0.3, -0.25) is 4.79 Å². The average Bonchev–Trinajstić information content (AvgIpc) is 3.36. The van der Waals surface area contributed by atoms with E-state index in [1.165, 1.54) is 161 Å². The number of carbonyl (C=O) groups is 1. The molecular weight excluding hydrogens is 875 g/mol. The lowest BCUT2D eigenvalue weighted by Crippen LogP contribution is -2.60. The molecule has 6 N–H and O–H groups in total. The zero-order valence-electron chi connectivity index (χ0n) is 45.0. The van der Waals surface area contributed by atoms with Crippen LogP contribution in [0.15, 0.2) is 72.9 Å². The van der Waals surface area contributed by atoms with E-state index in [1.54, 1.807) is 6.08 Å². The molecule has 9 nitrogen and oxygen atoms in total. The van der Waals surface area contributed by atoms with Gasteiger partial charge in [-0.05, 0) is 64.2 Å². The van der Waals surface area contributed by atoms with Crippen molar-refractivity contribution in [3.8, 4) is 0 Å². The molecule has 406 valence electrons. The lowest BCUT2D eigenvalue weighted by Gasteiger charge is -2.40. The molecule has 1 amide bonds. The summed E-state index contributed by atoms with van der Waals surface area (Å²) in [7, 11) is 0. The molecule has 7 atom stereocenters. The van der Waals surface area contributed by atoms with Crippen molar-refractivity contribution in [2.75, 3.05) is 13.2 Å². The molecule has 1 aliphatic heterocycles. The van der Waals surface area contributed by atoms with E-state index in [-0.39, 0.29) is 12.5 Å². The molecule has 1 rings (SSSR count). The first kappa shape index (κ1) is 65.6. The van der Waals surface area contributed by atoms with Crippen molar-refractivity contribution in [3.05, 3.63) is 72.9 Å². The van der Waals surface area contributed by atoms with Gasteiger partial charge in [-0.25, -0.2) is 0 Å². The fourth-order valence-electron chi connectivity index (χ4n) is 8.95. The van der Waals surface area contributed by atoms with Crippen LogP contribution in [0.2, 0.25) is 0 Å². The molecule has 7 unspecified atom stereocenters. The molecule has 0 radical (unpaired) electrons. The third-order valence-corrected chi connectivity index (χ3v) is 13.5. The lowest BCUT2D eigenvalue weighted by atomic mass is 9.99. The first-order chi connectivity index (χ1) is 34.3. The molecule has 0 saturated carbocycles. The topological polar surface area (TPSA) is 149 Å². The Bertz CT molecular complexity index is 1330. The fraction of sp³-hybridized carbons (Fsp3) is 0.787. The number of aliphatic hydroxyl groups is 5. The second-order valence-corrected chi connectivity index (χ2v) is 20.1. The highest BCUT2D eigenvalue weighted by Crippen LogP contribution is 2.23. The fourth-order valence-corrected chi connectivity index (χ4v) is 8.95. The van der Waals surface area contributed by atoms with Crippen LogP contribution in [0, 0.1) is 0 Å². The summed E-state index contributed by atoms with van der Waals surface area (Å²) in [5.41, 5.74) is 0. The second kappa shape index (κ2) is 50.2. The summed E-state index contributed by atoms with van der Waals surface area (Å²) in [5.74, 6) is -0.179. The third-order valence-electron chi connectivity index (χ3n) is 13.5. The number of carbonyl (C=O) groups excluding carboxylic acids is 1. The van der Waals surface area contributed by atoms with E-state index in [0.717, 1.165) is 70.6 Å². The van der Waals surface area contributed by atoms with Crippen LogP contribution in [-0.4, -0.2) is 87.5 Å². The predicted molar refractivity (Wildman–Crippen MR) is 295 cm³/mol. The molecular formula is C61H109NO8. The zero-order chi connectivity index (χ0) is 50.8. The molecule has 1 saturated heterocycles. The van der Waals surface area contributed by atoms with E-state index >= 15 is 0 Å². The van der Waals surface area contributed by atoms with Gasteiger partial charge in [0.05, 0.1) is 25.4 Å². The summed E-state index contributed by atoms with van der Waals surface area (Å²) in [5, 5.41) is 54.5. The Morgan fingerprint density at radius 1 is 0.500 bits per heavy atom. The van der Waals surface area contributed by atoms with Crippen LogP contribution in [0.1, 0.15) is 251 Å². The third kappa shape index (κ3) is 39.2. The molecule has 0 aromatic heterocycles. The van der Waals surface area contributed by atoms with Crippen molar-refractivity contribution in [3.63, 3.8) is 0 Å². The van der Waals surface area contributed by atoms with Crippen LogP contribution >= 0.6 is 0 Å². The van der Waals surface area contributed by atoms with E-state index in [4.69, 9.17) is 9.47 Å². The lowest BCUT2D eigenvalue weighted by molar-refractivity contribution is -0.302. The van der Waals surface area contributed by atoms with E-state index in [0.29, 0.717) is 6.42 Å². The maximum Gasteiger partial charge on any atom is 0.220 e. The van der Waals surface area contributed by atoms with E-state index in [2.05, 4.69) is 79.9 Å². The van der Waals surface area contributed by atoms with Gasteiger partial charge in [-0.2, -0.15) is 0 Å². The summed E-state index contributed by atoms with van der Waals surface area (Å²) in [4.78, 5) is 13.1. The monoisotopic (exact) mass is 984 g/mol. The zero-order valence-corrected chi connectivity index (χ0v) is 45.0. The minimum absolute atomic E-state index is 0.179. The van der Waals surface area contributed by atoms with Crippen molar-refractivity contribution in [2.45, 2.75) is 294 Å². The largest absolute Gasteiger partial charge is 0.394 e. The first-order valence-corrected chi connectivity index (χ1v) is 29.2. The van der Waals surface area contributed by atoms with Crippen LogP contribution < -0.4 is 5.32 Å². The number of ether oxygens (including phenoxy) is 2. The molecule has 70 heavy (non-hydrogen) atoms. The van der Waals surface area contributed by atoms with Gasteiger partial charge in [0.2, 0.25) is 5.91 Å². The Kier molecular flexibility index (Phi) is 47.1. The Hall–Kier alpha value is -2.37. The van der Waals surface area contributed by atoms with Crippen molar-refractivity contribution in [1.82, 2.24) is 5.32 Å². The summed E-state index contributed by atoms with van der Waals surface area (Å²) in [6, 6.07) is -0.809. The van der Waals surface area contributed by atoms with Gasteiger partial charge in [0.15, 0.2) is 6.29 Å². The summed E-state index contributed by atoms with van der Waals surface area (Å²) in [6.07, 6.45) is 62.4. The minimum Gasteiger partial charge on any atom is -0.394 e. The Morgan fingerprint density at radius 3 is 1.31 bits per heavy atom. The van der Waals surface area contributed by atoms with E-state index in [1.807, 2.05) is 6.08 Å². The number of hydrogen-bond donors (Lipinski definition) is 6. The van der Waals surface area contributed by atoms with Gasteiger partial charge in [0.1, 0.15) is 24.4 Å². The van der Waals surface area contributed by atoms with Crippen molar-refractivity contribution in [2.24, 2.45) is 0 Å². The SMILES string of the molecule is CC/C=C\C/C=C\C/C=C\C/C=C\C/C=C\CCCCCCCCCCCCCCCC(=O)NC(COC1OC(CO)C(O)C(O)C1O)C(O)/C=C/CCCCCCCCCCCCCCCCCC. The average molecular weight is 985 g/mol.